The van der Waals surface area contributed by atoms with Crippen LogP contribution in [0.1, 0.15) is 18.4 Å². The summed E-state index contributed by atoms with van der Waals surface area (Å²) in [7, 11) is 0. The summed E-state index contributed by atoms with van der Waals surface area (Å²) < 4.78 is 4.05. The Kier molecular flexibility index (Phi) is 2.50. The van der Waals surface area contributed by atoms with Gasteiger partial charge in [0.2, 0.25) is 0 Å². The molecule has 2 rings (SSSR count). The minimum absolute atomic E-state index is 0.510. The van der Waals surface area contributed by atoms with E-state index in [1.54, 1.807) is 6.20 Å². The van der Waals surface area contributed by atoms with Gasteiger partial charge in [-0.25, -0.2) is 0 Å². The Morgan fingerprint density at radius 2 is 2.64 bits per heavy atom. The number of carboxylic acids is 1. The highest BCUT2D eigenvalue weighted by Gasteiger charge is 2.42. The van der Waals surface area contributed by atoms with Crippen molar-refractivity contribution in [1.29, 1.82) is 0 Å². The van der Waals surface area contributed by atoms with Gasteiger partial charge in [0, 0.05) is 12.0 Å². The van der Waals surface area contributed by atoms with Gasteiger partial charge in [0.15, 0.2) is 0 Å². The fraction of sp³-hybridized carbons (Fsp3) is 0.556. The van der Waals surface area contributed by atoms with E-state index in [2.05, 4.69) is 5.16 Å². The molecule has 14 heavy (non-hydrogen) atoms. The molecule has 0 aromatic carbocycles. The monoisotopic (exact) mass is 213 g/mol. The van der Waals surface area contributed by atoms with E-state index >= 15 is 0 Å². The second kappa shape index (κ2) is 3.65. The number of hydrogen-bond donors (Lipinski definition) is 1. The quantitative estimate of drug-likeness (QED) is 0.825. The minimum atomic E-state index is -0.721. The Hall–Kier alpha value is -0.970. The van der Waals surface area contributed by atoms with Gasteiger partial charge in [-0.3, -0.25) is 4.79 Å². The third kappa shape index (κ3) is 1.64. The van der Waals surface area contributed by atoms with E-state index in [4.69, 9.17) is 4.52 Å². The van der Waals surface area contributed by atoms with Crippen molar-refractivity contribution in [3.05, 3.63) is 18.0 Å². The molecule has 1 fully saturated rings. The lowest BCUT2D eigenvalue weighted by Gasteiger charge is -2.21. The van der Waals surface area contributed by atoms with E-state index in [0.29, 0.717) is 6.42 Å². The van der Waals surface area contributed by atoms with E-state index < -0.39 is 10.7 Å². The van der Waals surface area contributed by atoms with Crippen LogP contribution in [-0.2, 0) is 11.2 Å². The Balaban J connectivity index is 2.16. The number of nitrogens with zero attached hydrogens (tertiary/aromatic N) is 1. The zero-order valence-electron chi connectivity index (χ0n) is 7.60. The molecule has 0 radical (unpaired) electrons. The molecule has 0 bridgehead atoms. The van der Waals surface area contributed by atoms with Crippen molar-refractivity contribution in [1.82, 2.24) is 5.16 Å². The maximum absolute atomic E-state index is 11.2. The summed E-state index contributed by atoms with van der Waals surface area (Å²) in [5, 5.41) is 12.8. The molecule has 1 aromatic rings. The first kappa shape index (κ1) is 9.58. The molecule has 76 valence electrons. The van der Waals surface area contributed by atoms with Crippen LogP contribution < -0.4 is 0 Å². The van der Waals surface area contributed by atoms with Gasteiger partial charge in [0.25, 0.3) is 0 Å². The molecule has 1 aromatic heterocycles. The SMILES string of the molecule is O=C(O)C1(Cc2cnoc2)CCCS1. The van der Waals surface area contributed by atoms with Crippen LogP contribution in [0.4, 0.5) is 0 Å². The molecule has 1 aliphatic heterocycles. The van der Waals surface area contributed by atoms with Gasteiger partial charge in [-0.05, 0) is 18.6 Å². The molecular formula is C9H11NO3S. The van der Waals surface area contributed by atoms with Gasteiger partial charge in [-0.15, -0.1) is 11.8 Å². The number of aromatic nitrogens is 1. The van der Waals surface area contributed by atoms with Crippen molar-refractivity contribution in [2.75, 3.05) is 5.75 Å². The number of carboxylic acid groups (broad SMARTS) is 1. The number of aliphatic carboxylic acids is 1. The Labute approximate surface area is 85.7 Å². The second-order valence-corrected chi connectivity index (χ2v) is 4.94. The summed E-state index contributed by atoms with van der Waals surface area (Å²) >= 11 is 1.53. The Morgan fingerprint density at radius 3 is 3.14 bits per heavy atom. The maximum Gasteiger partial charge on any atom is 0.320 e. The standard InChI is InChI=1S/C9H11NO3S/c11-8(12)9(2-1-3-14-9)4-7-5-10-13-6-7/h5-6H,1-4H2,(H,11,12). The number of rotatable bonds is 3. The van der Waals surface area contributed by atoms with Gasteiger partial charge < -0.3 is 9.63 Å². The molecule has 0 spiro atoms. The zero-order valence-corrected chi connectivity index (χ0v) is 8.42. The smallest absolute Gasteiger partial charge is 0.320 e. The molecule has 1 N–H and O–H groups in total. The molecule has 2 heterocycles. The fourth-order valence-electron chi connectivity index (χ4n) is 1.72. The van der Waals surface area contributed by atoms with Crippen LogP contribution in [0.5, 0.6) is 0 Å². The summed E-state index contributed by atoms with van der Waals surface area (Å²) in [5.41, 5.74) is 0.863. The maximum atomic E-state index is 11.2. The molecule has 5 heteroatoms. The molecule has 4 nitrogen and oxygen atoms in total. The number of thioether (sulfide) groups is 1. The predicted octanol–water partition coefficient (Wildman–Crippen LogP) is 1.57. The van der Waals surface area contributed by atoms with Gasteiger partial charge in [-0.2, -0.15) is 0 Å². The lowest BCUT2D eigenvalue weighted by Crippen LogP contribution is -2.34. The van der Waals surface area contributed by atoms with Crippen molar-refractivity contribution in [2.24, 2.45) is 0 Å². The average Bonchev–Trinajstić information content (AvgIpc) is 2.76. The lowest BCUT2D eigenvalue weighted by atomic mass is 9.96. The number of hydrogen-bond acceptors (Lipinski definition) is 4. The van der Waals surface area contributed by atoms with E-state index in [0.717, 1.165) is 24.2 Å². The van der Waals surface area contributed by atoms with Gasteiger partial charge >= 0.3 is 5.97 Å². The van der Waals surface area contributed by atoms with Crippen molar-refractivity contribution in [2.45, 2.75) is 24.0 Å². The van der Waals surface area contributed by atoms with Crippen LogP contribution in [0.2, 0.25) is 0 Å². The highest BCUT2D eigenvalue weighted by atomic mass is 32.2. The van der Waals surface area contributed by atoms with Crippen molar-refractivity contribution in [3.63, 3.8) is 0 Å². The third-order valence-electron chi connectivity index (χ3n) is 2.47. The van der Waals surface area contributed by atoms with E-state index in [1.165, 1.54) is 18.0 Å². The van der Waals surface area contributed by atoms with Crippen LogP contribution in [0, 0.1) is 0 Å². The highest BCUT2D eigenvalue weighted by Crippen LogP contribution is 2.40. The van der Waals surface area contributed by atoms with Crippen molar-refractivity contribution < 1.29 is 14.4 Å². The van der Waals surface area contributed by atoms with Gasteiger partial charge in [-0.1, -0.05) is 5.16 Å². The molecule has 1 unspecified atom stereocenters. The third-order valence-corrected chi connectivity index (χ3v) is 4.03. The summed E-state index contributed by atoms with van der Waals surface area (Å²) in [4.78, 5) is 11.2. The molecule has 1 atom stereocenters. The van der Waals surface area contributed by atoms with E-state index in [9.17, 15) is 9.90 Å². The topological polar surface area (TPSA) is 63.3 Å². The van der Waals surface area contributed by atoms with Crippen LogP contribution in [0.15, 0.2) is 17.0 Å². The summed E-state index contributed by atoms with van der Waals surface area (Å²) in [5.74, 6) is 0.207. The Morgan fingerprint density at radius 1 is 1.79 bits per heavy atom. The first-order valence-corrected chi connectivity index (χ1v) is 5.47. The van der Waals surface area contributed by atoms with E-state index in [1.807, 2.05) is 0 Å². The molecule has 0 saturated carbocycles. The lowest BCUT2D eigenvalue weighted by molar-refractivity contribution is -0.139. The van der Waals surface area contributed by atoms with Crippen molar-refractivity contribution >= 4 is 17.7 Å². The first-order valence-electron chi connectivity index (χ1n) is 4.49. The molecule has 1 aliphatic rings. The van der Waals surface area contributed by atoms with Crippen LogP contribution in [0.25, 0.3) is 0 Å². The molecule has 1 saturated heterocycles. The summed E-state index contributed by atoms with van der Waals surface area (Å²) in [6.45, 7) is 0. The fourth-order valence-corrected chi connectivity index (χ4v) is 3.09. The predicted molar refractivity (Wildman–Crippen MR) is 52.3 cm³/mol. The number of carbonyl (C=O) groups is 1. The van der Waals surface area contributed by atoms with Gasteiger partial charge in [0.05, 0.1) is 6.20 Å². The molecule has 0 aliphatic carbocycles. The second-order valence-electron chi connectivity index (χ2n) is 3.46. The molecule has 0 amide bonds. The first-order chi connectivity index (χ1) is 6.73. The van der Waals surface area contributed by atoms with Gasteiger partial charge in [0.1, 0.15) is 11.0 Å². The van der Waals surface area contributed by atoms with Crippen molar-refractivity contribution in [3.8, 4) is 0 Å². The largest absolute Gasteiger partial charge is 0.480 e. The van der Waals surface area contributed by atoms with Crippen LogP contribution >= 0.6 is 11.8 Å². The highest BCUT2D eigenvalue weighted by molar-refractivity contribution is 8.01. The van der Waals surface area contributed by atoms with E-state index in [-0.39, 0.29) is 0 Å². The van der Waals surface area contributed by atoms with Crippen LogP contribution in [0.3, 0.4) is 0 Å². The summed E-state index contributed by atoms with van der Waals surface area (Å²) in [6.07, 6.45) is 5.32. The minimum Gasteiger partial charge on any atom is -0.480 e. The Bertz CT molecular complexity index is 317. The normalized spacial score (nSPS) is 26.6. The zero-order chi connectivity index (χ0) is 10.0. The average molecular weight is 213 g/mol. The summed E-state index contributed by atoms with van der Waals surface area (Å²) in [6, 6.07) is 0. The van der Waals surface area contributed by atoms with Crippen LogP contribution in [-0.4, -0.2) is 26.7 Å². The molecular weight excluding hydrogens is 202 g/mol.